The largest absolute Gasteiger partial charge is 0.369 e. The molecule has 1 heterocycles. The first-order chi connectivity index (χ1) is 10.2. The molecule has 1 aromatic rings. The molecule has 116 valence electrons. The maximum Gasteiger partial charge on any atom is 0.224 e. The summed E-state index contributed by atoms with van der Waals surface area (Å²) in [6, 6.07) is 5.90. The topological polar surface area (TPSA) is 61.6 Å². The fraction of sp³-hybridized carbons (Fsp3) is 0.562. The number of ether oxygens (including phenoxy) is 2. The molecule has 1 aliphatic heterocycles. The molecule has 5 heteroatoms. The van der Waals surface area contributed by atoms with Gasteiger partial charge in [0.25, 0.3) is 0 Å². The van der Waals surface area contributed by atoms with E-state index in [4.69, 9.17) is 15.2 Å². The third kappa shape index (κ3) is 5.10. The second-order valence-electron chi connectivity index (χ2n) is 5.32. The number of rotatable bonds is 7. The van der Waals surface area contributed by atoms with Crippen molar-refractivity contribution in [3.63, 3.8) is 0 Å². The van der Waals surface area contributed by atoms with Crippen molar-refractivity contribution in [1.29, 1.82) is 0 Å². The fourth-order valence-corrected chi connectivity index (χ4v) is 2.51. The van der Waals surface area contributed by atoms with Crippen LogP contribution >= 0.6 is 0 Å². The van der Waals surface area contributed by atoms with Gasteiger partial charge in [0, 0.05) is 13.2 Å². The van der Waals surface area contributed by atoms with Crippen LogP contribution < -0.4 is 5.73 Å². The minimum atomic E-state index is -0.401. The Morgan fingerprint density at radius 3 is 2.76 bits per heavy atom. The van der Waals surface area contributed by atoms with Crippen LogP contribution in [0.3, 0.4) is 0 Å². The van der Waals surface area contributed by atoms with Gasteiger partial charge in [0.15, 0.2) is 6.29 Å². The van der Waals surface area contributed by atoms with Gasteiger partial charge >= 0.3 is 0 Å². The summed E-state index contributed by atoms with van der Waals surface area (Å²) in [5.41, 5.74) is 6.18. The second kappa shape index (κ2) is 8.10. The Balaban J connectivity index is 1.77. The highest BCUT2D eigenvalue weighted by molar-refractivity contribution is 5.81. The molecule has 4 nitrogen and oxygen atoms in total. The fourth-order valence-electron chi connectivity index (χ4n) is 2.51. The van der Waals surface area contributed by atoms with Crippen LogP contribution in [0.1, 0.15) is 43.6 Å². The first-order valence-electron chi connectivity index (χ1n) is 7.45. The molecule has 1 amide bonds. The summed E-state index contributed by atoms with van der Waals surface area (Å²) in [7, 11) is 0. The van der Waals surface area contributed by atoms with Crippen LogP contribution in [0.2, 0.25) is 0 Å². The van der Waals surface area contributed by atoms with Gasteiger partial charge in [0.05, 0.1) is 5.92 Å². The molecule has 1 aromatic carbocycles. The minimum Gasteiger partial charge on any atom is -0.369 e. The number of carbonyl (C=O) groups is 1. The van der Waals surface area contributed by atoms with Gasteiger partial charge in [-0.15, -0.1) is 0 Å². The molecule has 0 bridgehead atoms. The van der Waals surface area contributed by atoms with Crippen LogP contribution in [0.15, 0.2) is 24.3 Å². The number of halogens is 1. The number of primary amides is 1. The summed E-state index contributed by atoms with van der Waals surface area (Å²) >= 11 is 0. The van der Waals surface area contributed by atoms with Gasteiger partial charge in [-0.2, -0.15) is 0 Å². The van der Waals surface area contributed by atoms with Crippen molar-refractivity contribution < 1.29 is 18.7 Å². The zero-order valence-corrected chi connectivity index (χ0v) is 12.1. The molecule has 1 fully saturated rings. The van der Waals surface area contributed by atoms with Crippen molar-refractivity contribution in [1.82, 2.24) is 0 Å². The molecular formula is C16H22FNO3. The maximum atomic E-state index is 12.9. The van der Waals surface area contributed by atoms with E-state index in [0.717, 1.165) is 31.4 Å². The van der Waals surface area contributed by atoms with Gasteiger partial charge < -0.3 is 15.2 Å². The van der Waals surface area contributed by atoms with E-state index in [9.17, 15) is 9.18 Å². The summed E-state index contributed by atoms with van der Waals surface area (Å²) in [6.45, 7) is 1.29. The Labute approximate surface area is 124 Å². The highest BCUT2D eigenvalue weighted by atomic mass is 19.1. The molecule has 0 spiro atoms. The highest BCUT2D eigenvalue weighted by Crippen LogP contribution is 2.22. The number of benzene rings is 1. The van der Waals surface area contributed by atoms with Crippen LogP contribution in [-0.2, 0) is 14.3 Å². The summed E-state index contributed by atoms with van der Waals surface area (Å²) in [5, 5.41) is 0. The van der Waals surface area contributed by atoms with Gasteiger partial charge in [0.2, 0.25) is 5.91 Å². The molecule has 2 N–H and O–H groups in total. The molecule has 0 saturated carbocycles. The lowest BCUT2D eigenvalue weighted by molar-refractivity contribution is -0.162. The summed E-state index contributed by atoms with van der Waals surface area (Å²) in [4.78, 5) is 11.5. The first-order valence-corrected chi connectivity index (χ1v) is 7.45. The molecule has 1 aliphatic rings. The van der Waals surface area contributed by atoms with E-state index >= 15 is 0 Å². The first kappa shape index (κ1) is 15.9. The van der Waals surface area contributed by atoms with E-state index in [2.05, 4.69) is 0 Å². The predicted molar refractivity (Wildman–Crippen MR) is 77.1 cm³/mol. The van der Waals surface area contributed by atoms with Gasteiger partial charge in [-0.1, -0.05) is 12.1 Å². The zero-order chi connectivity index (χ0) is 15.1. The van der Waals surface area contributed by atoms with Crippen LogP contribution in [0, 0.1) is 5.82 Å². The van der Waals surface area contributed by atoms with Gasteiger partial charge in [-0.05, 0) is 49.8 Å². The quantitative estimate of drug-likeness (QED) is 0.787. The minimum absolute atomic E-state index is 0.114. The third-order valence-electron chi connectivity index (χ3n) is 3.69. The molecule has 1 unspecified atom stereocenters. The van der Waals surface area contributed by atoms with Crippen molar-refractivity contribution in [2.24, 2.45) is 5.73 Å². The predicted octanol–water partition coefficient (Wildman–Crippen LogP) is 2.72. The lowest BCUT2D eigenvalue weighted by atomic mass is 9.94. The molecule has 2 rings (SSSR count). The van der Waals surface area contributed by atoms with Crippen molar-refractivity contribution in [2.75, 3.05) is 13.2 Å². The van der Waals surface area contributed by atoms with Crippen LogP contribution in [-0.4, -0.2) is 25.4 Å². The van der Waals surface area contributed by atoms with Gasteiger partial charge in [0.1, 0.15) is 5.82 Å². The number of hydrogen-bond donors (Lipinski definition) is 1. The normalized spacial score (nSPS) is 20.1. The average Bonchev–Trinajstić information content (AvgIpc) is 2.49. The third-order valence-corrected chi connectivity index (χ3v) is 3.69. The number of nitrogens with two attached hydrogens (primary N) is 1. The summed E-state index contributed by atoms with van der Waals surface area (Å²) in [5.74, 6) is -1.11. The number of hydrogen-bond acceptors (Lipinski definition) is 3. The van der Waals surface area contributed by atoms with Crippen molar-refractivity contribution >= 4 is 5.91 Å². The van der Waals surface area contributed by atoms with Crippen molar-refractivity contribution in [3.05, 3.63) is 35.6 Å². The molecule has 0 radical (unpaired) electrons. The van der Waals surface area contributed by atoms with E-state index < -0.39 is 11.8 Å². The molecule has 0 aliphatic carbocycles. The lowest BCUT2D eigenvalue weighted by Gasteiger charge is -2.23. The molecule has 21 heavy (non-hydrogen) atoms. The molecule has 0 aromatic heterocycles. The molecule has 1 saturated heterocycles. The molecular weight excluding hydrogens is 273 g/mol. The number of carbonyl (C=O) groups excluding carboxylic acids is 1. The van der Waals surface area contributed by atoms with Crippen LogP contribution in [0.4, 0.5) is 4.39 Å². The van der Waals surface area contributed by atoms with E-state index in [0.29, 0.717) is 19.4 Å². The van der Waals surface area contributed by atoms with Crippen molar-refractivity contribution in [3.8, 4) is 0 Å². The van der Waals surface area contributed by atoms with E-state index in [1.165, 1.54) is 12.1 Å². The standard InChI is InChI=1S/C16H22FNO3/c17-13-8-6-12(7-9-13)14(16(18)19)4-3-11-21-15-5-1-2-10-20-15/h6-9,14-15H,1-5,10-11H2,(H2,18,19)/t14-,15?/m0/s1. The van der Waals surface area contributed by atoms with Crippen LogP contribution in [0.25, 0.3) is 0 Å². The second-order valence-corrected chi connectivity index (χ2v) is 5.32. The van der Waals surface area contributed by atoms with E-state index in [1.807, 2.05) is 0 Å². The molecule has 2 atom stereocenters. The Hall–Kier alpha value is -1.46. The number of amides is 1. The SMILES string of the molecule is NC(=O)[C@@H](CCCOC1CCCCO1)c1ccc(F)cc1. The van der Waals surface area contributed by atoms with E-state index in [1.54, 1.807) is 12.1 Å². The maximum absolute atomic E-state index is 12.9. The average molecular weight is 295 g/mol. The zero-order valence-electron chi connectivity index (χ0n) is 12.1. The highest BCUT2D eigenvalue weighted by Gasteiger charge is 2.18. The Morgan fingerprint density at radius 2 is 2.14 bits per heavy atom. The summed E-state index contributed by atoms with van der Waals surface area (Å²) in [6.07, 6.45) is 4.34. The summed E-state index contributed by atoms with van der Waals surface area (Å²) < 4.78 is 24.0. The van der Waals surface area contributed by atoms with Gasteiger partial charge in [-0.3, -0.25) is 4.79 Å². The lowest BCUT2D eigenvalue weighted by Crippen LogP contribution is -2.24. The Morgan fingerprint density at radius 1 is 1.38 bits per heavy atom. The Bertz CT molecular complexity index is 443. The Kier molecular flexibility index (Phi) is 6.14. The smallest absolute Gasteiger partial charge is 0.224 e. The van der Waals surface area contributed by atoms with Crippen LogP contribution in [0.5, 0.6) is 0 Å². The monoisotopic (exact) mass is 295 g/mol. The van der Waals surface area contributed by atoms with Gasteiger partial charge in [-0.25, -0.2) is 4.39 Å². The van der Waals surface area contributed by atoms with E-state index in [-0.39, 0.29) is 12.1 Å². The van der Waals surface area contributed by atoms with Crippen molar-refractivity contribution in [2.45, 2.75) is 44.3 Å².